The minimum absolute atomic E-state index is 0.0263. The van der Waals surface area contributed by atoms with Gasteiger partial charge in [-0.15, -0.1) is 0 Å². The third-order valence-corrected chi connectivity index (χ3v) is 5.67. The Kier molecular flexibility index (Phi) is 7.27. The summed E-state index contributed by atoms with van der Waals surface area (Å²) in [5.41, 5.74) is 0.462. The molecule has 2 N–H and O–H groups in total. The normalized spacial score (nSPS) is 17.2. The van der Waals surface area contributed by atoms with Gasteiger partial charge in [-0.1, -0.05) is 23.9 Å². The average molecular weight is 419 g/mol. The smallest absolute Gasteiger partial charge is 0.262 e. The van der Waals surface area contributed by atoms with Crippen molar-refractivity contribution in [1.29, 1.82) is 0 Å². The number of amides is 2. The van der Waals surface area contributed by atoms with Crippen molar-refractivity contribution >= 4 is 34.5 Å². The molecule has 1 aliphatic rings. The molecule has 1 fully saturated rings. The number of nitrogens with zero attached hydrogens (tertiary/aromatic N) is 2. The van der Waals surface area contributed by atoms with Gasteiger partial charge < -0.3 is 15.4 Å². The number of thioether (sulfide) groups is 1. The summed E-state index contributed by atoms with van der Waals surface area (Å²) in [5, 5.41) is 6.36. The number of rotatable bonds is 8. The molecule has 0 spiro atoms. The van der Waals surface area contributed by atoms with Crippen LogP contribution in [0.15, 0.2) is 34.2 Å². The van der Waals surface area contributed by atoms with Crippen LogP contribution in [0.4, 0.5) is 0 Å². The van der Waals surface area contributed by atoms with Gasteiger partial charge in [0.15, 0.2) is 5.16 Å². The molecule has 1 aromatic carbocycles. The van der Waals surface area contributed by atoms with Gasteiger partial charge in [0.05, 0.1) is 29.3 Å². The summed E-state index contributed by atoms with van der Waals surface area (Å²) in [6, 6.07) is 6.56. The highest BCUT2D eigenvalue weighted by Gasteiger charge is 2.21. The fraction of sp³-hybridized carbons (Fsp3) is 0.500. The van der Waals surface area contributed by atoms with Crippen LogP contribution in [0.2, 0.25) is 0 Å². The molecular formula is C20H26N4O4S. The van der Waals surface area contributed by atoms with Crippen LogP contribution in [0.1, 0.15) is 26.7 Å². The van der Waals surface area contributed by atoms with E-state index in [0.29, 0.717) is 35.8 Å². The summed E-state index contributed by atoms with van der Waals surface area (Å²) in [5.74, 6) is -0.468. The number of hydrogen-bond acceptors (Lipinski definition) is 6. The van der Waals surface area contributed by atoms with Gasteiger partial charge in [0.1, 0.15) is 6.04 Å². The molecule has 1 aromatic heterocycles. The number of carbonyl (C=O) groups excluding carboxylic acids is 2. The Hall–Kier alpha value is -2.39. The predicted molar refractivity (Wildman–Crippen MR) is 112 cm³/mol. The van der Waals surface area contributed by atoms with E-state index in [0.717, 1.165) is 12.8 Å². The van der Waals surface area contributed by atoms with Crippen molar-refractivity contribution in [2.75, 3.05) is 18.9 Å². The Morgan fingerprint density at radius 3 is 2.90 bits per heavy atom. The van der Waals surface area contributed by atoms with Gasteiger partial charge in [0.2, 0.25) is 11.8 Å². The fourth-order valence-electron chi connectivity index (χ4n) is 3.22. The van der Waals surface area contributed by atoms with Crippen LogP contribution in [-0.4, -0.2) is 52.4 Å². The number of fused-ring (bicyclic) bond motifs is 1. The first-order chi connectivity index (χ1) is 14.0. The molecular weight excluding hydrogens is 392 g/mol. The van der Waals surface area contributed by atoms with Crippen LogP contribution < -0.4 is 16.2 Å². The molecule has 1 saturated heterocycles. The monoisotopic (exact) mass is 418 g/mol. The highest BCUT2D eigenvalue weighted by molar-refractivity contribution is 7.99. The molecule has 0 aliphatic carbocycles. The number of hydrogen-bond donors (Lipinski definition) is 2. The summed E-state index contributed by atoms with van der Waals surface area (Å²) < 4.78 is 7.29. The molecule has 9 heteroatoms. The highest BCUT2D eigenvalue weighted by atomic mass is 32.2. The fourth-order valence-corrected chi connectivity index (χ4v) is 4.04. The SMILES string of the molecule is CCNC(=O)[C@@H](C)NC(=O)CSc1nc2ccccc2c(=O)n1C[C@H]1CCCO1. The summed E-state index contributed by atoms with van der Waals surface area (Å²) in [6.45, 7) is 5.07. The maximum Gasteiger partial charge on any atom is 0.262 e. The van der Waals surface area contributed by atoms with Gasteiger partial charge in [0.25, 0.3) is 5.56 Å². The van der Waals surface area contributed by atoms with Crippen molar-refractivity contribution in [2.24, 2.45) is 0 Å². The van der Waals surface area contributed by atoms with Gasteiger partial charge in [-0.25, -0.2) is 4.98 Å². The van der Waals surface area contributed by atoms with Crippen molar-refractivity contribution in [1.82, 2.24) is 20.2 Å². The van der Waals surface area contributed by atoms with Crippen LogP contribution in [0.25, 0.3) is 10.9 Å². The zero-order valence-corrected chi connectivity index (χ0v) is 17.5. The number of ether oxygens (including phenoxy) is 1. The topological polar surface area (TPSA) is 102 Å². The molecule has 0 saturated carbocycles. The summed E-state index contributed by atoms with van der Waals surface area (Å²) in [4.78, 5) is 41.7. The lowest BCUT2D eigenvalue weighted by molar-refractivity contribution is -0.127. The van der Waals surface area contributed by atoms with E-state index in [4.69, 9.17) is 4.74 Å². The molecule has 29 heavy (non-hydrogen) atoms. The van der Waals surface area contributed by atoms with E-state index in [1.54, 1.807) is 23.6 Å². The van der Waals surface area contributed by atoms with Crippen LogP contribution in [0.5, 0.6) is 0 Å². The minimum atomic E-state index is -0.623. The lowest BCUT2D eigenvalue weighted by Crippen LogP contribution is -2.45. The zero-order chi connectivity index (χ0) is 20.8. The standard InChI is InChI=1S/C20H26N4O4S/c1-3-21-18(26)13(2)22-17(25)12-29-20-23-16-9-5-4-8-15(16)19(27)24(20)11-14-7-6-10-28-14/h4-5,8-9,13-14H,3,6-7,10-12H2,1-2H3,(H,21,26)(H,22,25)/t13-,14-/m1/s1. The highest BCUT2D eigenvalue weighted by Crippen LogP contribution is 2.20. The maximum atomic E-state index is 13.0. The number of carbonyl (C=O) groups is 2. The van der Waals surface area contributed by atoms with Crippen molar-refractivity contribution in [3.05, 3.63) is 34.6 Å². The van der Waals surface area contributed by atoms with Crippen molar-refractivity contribution in [2.45, 2.75) is 50.5 Å². The van der Waals surface area contributed by atoms with E-state index >= 15 is 0 Å². The molecule has 3 rings (SSSR count). The van der Waals surface area contributed by atoms with Crippen molar-refractivity contribution in [3.8, 4) is 0 Å². The van der Waals surface area contributed by atoms with Crippen molar-refractivity contribution in [3.63, 3.8) is 0 Å². The second-order valence-corrected chi connectivity index (χ2v) is 7.88. The molecule has 2 heterocycles. The maximum absolute atomic E-state index is 13.0. The second-order valence-electron chi connectivity index (χ2n) is 6.93. The Morgan fingerprint density at radius 2 is 2.17 bits per heavy atom. The van der Waals surface area contributed by atoms with Crippen LogP contribution >= 0.6 is 11.8 Å². The average Bonchev–Trinajstić information content (AvgIpc) is 3.22. The molecule has 0 radical (unpaired) electrons. The molecule has 8 nitrogen and oxygen atoms in total. The Balaban J connectivity index is 1.77. The van der Waals surface area contributed by atoms with Gasteiger partial charge in [0, 0.05) is 13.2 Å². The summed E-state index contributed by atoms with van der Waals surface area (Å²) in [7, 11) is 0. The lowest BCUT2D eigenvalue weighted by atomic mass is 10.2. The number of benzene rings is 1. The first-order valence-electron chi connectivity index (χ1n) is 9.80. The number of likely N-dealkylation sites (N-methyl/N-ethyl adjacent to an activating group) is 1. The predicted octanol–water partition coefficient (Wildman–Crippen LogP) is 1.31. The van der Waals surface area contributed by atoms with Gasteiger partial charge in [-0.05, 0) is 38.8 Å². The molecule has 0 unspecified atom stereocenters. The zero-order valence-electron chi connectivity index (χ0n) is 16.6. The summed E-state index contributed by atoms with van der Waals surface area (Å²) in [6.07, 6.45) is 1.85. The van der Waals surface area contributed by atoms with Crippen LogP contribution in [0, 0.1) is 0 Å². The van der Waals surface area contributed by atoms with Gasteiger partial charge in [-0.3, -0.25) is 19.0 Å². The first kappa shape index (κ1) is 21.3. The first-order valence-corrected chi connectivity index (χ1v) is 10.8. The Bertz CT molecular complexity index is 940. The van der Waals surface area contributed by atoms with E-state index in [1.165, 1.54) is 11.8 Å². The van der Waals surface area contributed by atoms with Crippen LogP contribution in [0.3, 0.4) is 0 Å². The van der Waals surface area contributed by atoms with E-state index in [2.05, 4.69) is 15.6 Å². The van der Waals surface area contributed by atoms with Crippen molar-refractivity contribution < 1.29 is 14.3 Å². The van der Waals surface area contributed by atoms with E-state index in [-0.39, 0.29) is 29.2 Å². The Labute approximate surface area is 173 Å². The molecule has 2 atom stereocenters. The minimum Gasteiger partial charge on any atom is -0.376 e. The quantitative estimate of drug-likeness (QED) is 0.495. The second kappa shape index (κ2) is 9.89. The van der Waals surface area contributed by atoms with E-state index in [9.17, 15) is 14.4 Å². The molecule has 2 aromatic rings. The van der Waals surface area contributed by atoms with Gasteiger partial charge >= 0.3 is 0 Å². The van der Waals surface area contributed by atoms with E-state index < -0.39 is 6.04 Å². The molecule has 0 bridgehead atoms. The van der Waals surface area contributed by atoms with E-state index in [1.807, 2.05) is 19.1 Å². The Morgan fingerprint density at radius 1 is 1.38 bits per heavy atom. The molecule has 156 valence electrons. The largest absolute Gasteiger partial charge is 0.376 e. The van der Waals surface area contributed by atoms with Crippen LogP contribution in [-0.2, 0) is 20.9 Å². The number of aromatic nitrogens is 2. The lowest BCUT2D eigenvalue weighted by Gasteiger charge is -2.17. The number of nitrogens with one attached hydrogen (secondary N) is 2. The third-order valence-electron chi connectivity index (χ3n) is 4.69. The summed E-state index contributed by atoms with van der Waals surface area (Å²) >= 11 is 1.19. The molecule has 2 amide bonds. The molecule has 1 aliphatic heterocycles. The number of para-hydroxylation sites is 1. The van der Waals surface area contributed by atoms with Gasteiger partial charge in [-0.2, -0.15) is 0 Å². The third kappa shape index (κ3) is 5.36.